The molecule has 4 rings (SSSR count). The Morgan fingerprint density at radius 2 is 1.78 bits per heavy atom. The molecule has 1 saturated carbocycles. The van der Waals surface area contributed by atoms with Gasteiger partial charge >= 0.3 is 6.09 Å². The van der Waals surface area contributed by atoms with Gasteiger partial charge in [0, 0.05) is 37.6 Å². The molecule has 36 heavy (non-hydrogen) atoms. The van der Waals surface area contributed by atoms with Crippen molar-refractivity contribution < 1.29 is 18.7 Å². The molecule has 2 aliphatic rings. The second-order valence-electron chi connectivity index (χ2n) is 11.0. The molecule has 1 fully saturated rings. The molecule has 6 nitrogen and oxygen atoms in total. The number of halogens is 1. The zero-order chi connectivity index (χ0) is 25.7. The van der Waals surface area contributed by atoms with Crippen LogP contribution in [0.2, 0.25) is 0 Å². The fourth-order valence-corrected chi connectivity index (χ4v) is 4.76. The molecule has 0 spiro atoms. The molecular weight excluding hydrogens is 457 g/mol. The van der Waals surface area contributed by atoms with Crippen molar-refractivity contribution in [1.29, 1.82) is 0 Å². The third-order valence-electron chi connectivity index (χ3n) is 6.83. The number of benzene rings is 2. The van der Waals surface area contributed by atoms with Gasteiger partial charge in [0.25, 0.3) is 0 Å². The Bertz CT molecular complexity index is 1060. The van der Waals surface area contributed by atoms with Crippen LogP contribution < -0.4 is 10.6 Å². The minimum atomic E-state index is -0.617. The maximum absolute atomic E-state index is 14.4. The van der Waals surface area contributed by atoms with Crippen LogP contribution in [0.1, 0.15) is 56.7 Å². The maximum atomic E-state index is 14.4. The van der Waals surface area contributed by atoms with Crippen molar-refractivity contribution in [3.05, 3.63) is 71.0 Å². The molecule has 0 bridgehead atoms. The van der Waals surface area contributed by atoms with E-state index in [-0.39, 0.29) is 29.7 Å². The van der Waals surface area contributed by atoms with E-state index in [9.17, 15) is 14.0 Å². The minimum Gasteiger partial charge on any atom is -0.444 e. The van der Waals surface area contributed by atoms with Gasteiger partial charge in [-0.25, -0.2) is 9.18 Å². The van der Waals surface area contributed by atoms with Crippen molar-refractivity contribution in [2.45, 2.75) is 77.1 Å². The van der Waals surface area contributed by atoms with Gasteiger partial charge < -0.3 is 15.4 Å². The number of ether oxygens (including phenoxy) is 1. The van der Waals surface area contributed by atoms with E-state index in [0.717, 1.165) is 25.8 Å². The summed E-state index contributed by atoms with van der Waals surface area (Å²) < 4.78 is 19.9. The fraction of sp³-hybridized carbons (Fsp3) is 0.517. The number of hydrogen-bond acceptors (Lipinski definition) is 4. The van der Waals surface area contributed by atoms with E-state index in [1.165, 1.54) is 17.2 Å². The van der Waals surface area contributed by atoms with Gasteiger partial charge in [0.15, 0.2) is 0 Å². The molecule has 0 unspecified atom stereocenters. The van der Waals surface area contributed by atoms with Crippen molar-refractivity contribution in [1.82, 2.24) is 15.5 Å². The first-order valence-electron chi connectivity index (χ1n) is 13.0. The molecular formula is C29H38FN3O3. The van der Waals surface area contributed by atoms with Gasteiger partial charge in [0.2, 0.25) is 5.91 Å². The molecule has 7 heteroatoms. The molecule has 2 aromatic rings. The maximum Gasteiger partial charge on any atom is 0.407 e. The molecule has 2 amide bonds. The molecule has 2 aromatic carbocycles. The Morgan fingerprint density at radius 3 is 2.47 bits per heavy atom. The predicted octanol–water partition coefficient (Wildman–Crippen LogP) is 4.60. The van der Waals surface area contributed by atoms with E-state index in [1.54, 1.807) is 12.1 Å². The van der Waals surface area contributed by atoms with E-state index >= 15 is 0 Å². The van der Waals surface area contributed by atoms with E-state index in [2.05, 4.69) is 39.8 Å². The molecule has 0 aromatic heterocycles. The lowest BCUT2D eigenvalue weighted by Crippen LogP contribution is -2.49. The quantitative estimate of drug-likeness (QED) is 0.533. The number of carbonyl (C=O) groups is 2. The average Bonchev–Trinajstić information content (AvgIpc) is 3.66. The van der Waals surface area contributed by atoms with Crippen molar-refractivity contribution >= 4 is 12.0 Å². The summed E-state index contributed by atoms with van der Waals surface area (Å²) in [6.07, 6.45) is 3.33. The number of amides is 2. The minimum absolute atomic E-state index is 0.151. The standard InChI is InChI=1S/C29H38FN3O3/c1-29(2,3)36-28(35)32-24(16-22-9-6-7-11-26(22)30)14-15-33-19-23-10-5-4-8-21(23)17-25(33)18-31-27(34)20-12-13-20/h4-11,20,24-25H,12-19H2,1-3H3,(H,31,34)(H,32,35)/t24-,25-/m0/s1. The number of hydrogen-bond donors (Lipinski definition) is 2. The predicted molar refractivity (Wildman–Crippen MR) is 138 cm³/mol. The normalized spacial score (nSPS) is 18.7. The van der Waals surface area contributed by atoms with Crippen LogP contribution in [0.3, 0.4) is 0 Å². The van der Waals surface area contributed by atoms with Crippen LogP contribution in [0, 0.1) is 11.7 Å². The SMILES string of the molecule is CC(C)(C)OC(=O)N[C@@H](CCN1Cc2ccccc2C[C@H]1CNC(=O)C1CC1)Cc1ccccc1F. The zero-order valence-electron chi connectivity index (χ0n) is 21.6. The topological polar surface area (TPSA) is 70.7 Å². The van der Waals surface area contributed by atoms with Crippen LogP contribution in [-0.2, 0) is 28.9 Å². The summed E-state index contributed by atoms with van der Waals surface area (Å²) in [5.74, 6) is 0.0522. The summed E-state index contributed by atoms with van der Waals surface area (Å²) in [4.78, 5) is 27.3. The van der Waals surface area contributed by atoms with Crippen LogP contribution in [0.25, 0.3) is 0 Å². The number of rotatable bonds is 9. The number of nitrogens with zero attached hydrogens (tertiary/aromatic N) is 1. The summed E-state index contributed by atoms with van der Waals surface area (Å²) in [5.41, 5.74) is 2.55. The number of nitrogens with one attached hydrogen (secondary N) is 2. The Labute approximate surface area is 213 Å². The third kappa shape index (κ3) is 7.53. The first-order chi connectivity index (χ1) is 17.2. The first kappa shape index (κ1) is 26.1. The Kier molecular flexibility index (Phi) is 8.29. The Morgan fingerprint density at radius 1 is 1.08 bits per heavy atom. The van der Waals surface area contributed by atoms with Gasteiger partial charge in [0.1, 0.15) is 11.4 Å². The second-order valence-corrected chi connectivity index (χ2v) is 11.0. The van der Waals surface area contributed by atoms with Crippen molar-refractivity contribution in [3.63, 3.8) is 0 Å². The summed E-state index contributed by atoms with van der Waals surface area (Å²) >= 11 is 0. The van der Waals surface area contributed by atoms with E-state index in [4.69, 9.17) is 4.74 Å². The van der Waals surface area contributed by atoms with Crippen LogP contribution in [0.4, 0.5) is 9.18 Å². The largest absolute Gasteiger partial charge is 0.444 e. The van der Waals surface area contributed by atoms with Crippen molar-refractivity contribution in [2.75, 3.05) is 13.1 Å². The number of fused-ring (bicyclic) bond motifs is 1. The highest BCUT2D eigenvalue weighted by atomic mass is 19.1. The first-order valence-corrected chi connectivity index (χ1v) is 13.0. The van der Waals surface area contributed by atoms with Crippen LogP contribution in [-0.4, -0.2) is 47.7 Å². The molecule has 0 saturated heterocycles. The lowest BCUT2D eigenvalue weighted by atomic mass is 9.93. The Balaban J connectivity index is 1.45. The molecule has 2 N–H and O–H groups in total. The van der Waals surface area contributed by atoms with Crippen LogP contribution >= 0.6 is 0 Å². The summed E-state index contributed by atoms with van der Waals surface area (Å²) in [5, 5.41) is 6.12. The van der Waals surface area contributed by atoms with Gasteiger partial charge in [-0.15, -0.1) is 0 Å². The fourth-order valence-electron chi connectivity index (χ4n) is 4.76. The van der Waals surface area contributed by atoms with Gasteiger partial charge in [-0.1, -0.05) is 42.5 Å². The monoisotopic (exact) mass is 495 g/mol. The molecule has 0 radical (unpaired) electrons. The Hall–Kier alpha value is -2.93. The highest BCUT2D eigenvalue weighted by molar-refractivity contribution is 5.80. The van der Waals surface area contributed by atoms with Gasteiger partial charge in [-0.3, -0.25) is 9.69 Å². The van der Waals surface area contributed by atoms with Gasteiger partial charge in [-0.05, 0) is 75.6 Å². The number of alkyl carbamates (subject to hydrolysis) is 1. The highest BCUT2D eigenvalue weighted by Crippen LogP contribution is 2.29. The van der Waals surface area contributed by atoms with Crippen LogP contribution in [0.15, 0.2) is 48.5 Å². The molecule has 1 aliphatic heterocycles. The van der Waals surface area contributed by atoms with Crippen molar-refractivity contribution in [2.24, 2.45) is 5.92 Å². The highest BCUT2D eigenvalue weighted by Gasteiger charge is 2.32. The molecule has 1 heterocycles. The lowest BCUT2D eigenvalue weighted by molar-refractivity contribution is -0.122. The zero-order valence-corrected chi connectivity index (χ0v) is 21.6. The summed E-state index contributed by atoms with van der Waals surface area (Å²) in [6.45, 7) is 7.55. The van der Waals surface area contributed by atoms with E-state index in [1.807, 2.05) is 26.8 Å². The van der Waals surface area contributed by atoms with Crippen molar-refractivity contribution in [3.8, 4) is 0 Å². The second kappa shape index (κ2) is 11.4. The molecule has 1 aliphatic carbocycles. The van der Waals surface area contributed by atoms with Gasteiger partial charge in [-0.2, -0.15) is 0 Å². The van der Waals surface area contributed by atoms with Gasteiger partial charge in [0.05, 0.1) is 0 Å². The number of carbonyl (C=O) groups excluding carboxylic acids is 2. The summed E-state index contributed by atoms with van der Waals surface area (Å²) in [6, 6.07) is 15.0. The molecule has 194 valence electrons. The average molecular weight is 496 g/mol. The summed E-state index contributed by atoms with van der Waals surface area (Å²) in [7, 11) is 0. The van der Waals surface area contributed by atoms with Crippen LogP contribution in [0.5, 0.6) is 0 Å². The molecule has 2 atom stereocenters. The lowest BCUT2D eigenvalue weighted by Gasteiger charge is -2.38. The smallest absolute Gasteiger partial charge is 0.407 e. The van der Waals surface area contributed by atoms with E-state index < -0.39 is 11.7 Å². The van der Waals surface area contributed by atoms with E-state index in [0.29, 0.717) is 31.5 Å². The third-order valence-corrected chi connectivity index (χ3v) is 6.83.